The van der Waals surface area contributed by atoms with Crippen LogP contribution in [0.25, 0.3) is 0 Å². The Kier molecular flexibility index (Phi) is 3.91. The minimum absolute atomic E-state index is 0.0533. The Morgan fingerprint density at radius 3 is 2.93 bits per heavy atom. The second kappa shape index (κ2) is 5.21. The maximum absolute atomic E-state index is 10.5. The lowest BCUT2D eigenvalue weighted by Gasteiger charge is -2.14. The number of rotatable bonds is 5. The molecule has 1 aromatic heterocycles. The number of carboxylic acid groups (broad SMARTS) is 1. The van der Waals surface area contributed by atoms with E-state index in [9.17, 15) is 4.79 Å². The van der Waals surface area contributed by atoms with Crippen LogP contribution in [-0.2, 0) is 4.79 Å². The van der Waals surface area contributed by atoms with E-state index in [1.54, 1.807) is 6.20 Å². The minimum atomic E-state index is -0.791. The van der Waals surface area contributed by atoms with Gasteiger partial charge in [-0.15, -0.1) is 0 Å². The summed E-state index contributed by atoms with van der Waals surface area (Å²) in [5.41, 5.74) is 0. The molecule has 0 fully saturated rings. The molecule has 0 aliphatic rings. The first-order chi connectivity index (χ1) is 6.72. The van der Waals surface area contributed by atoms with Crippen LogP contribution in [0.4, 0.5) is 5.82 Å². The average Bonchev–Trinajstić information content (AvgIpc) is 2.17. The molecule has 1 unspecified atom stereocenters. The van der Waals surface area contributed by atoms with Gasteiger partial charge in [0.15, 0.2) is 0 Å². The molecule has 0 saturated carbocycles. The highest BCUT2D eigenvalue weighted by atomic mass is 16.4. The number of pyridine rings is 1. The number of carboxylic acids is 1. The third kappa shape index (κ3) is 3.43. The third-order valence-electron chi connectivity index (χ3n) is 1.93. The Bertz CT molecular complexity index is 287. The highest BCUT2D eigenvalue weighted by Gasteiger charge is 2.10. The molecule has 0 amide bonds. The van der Waals surface area contributed by atoms with Gasteiger partial charge in [0.25, 0.3) is 0 Å². The summed E-state index contributed by atoms with van der Waals surface area (Å²) in [6, 6.07) is 5.46. The summed E-state index contributed by atoms with van der Waals surface area (Å²) < 4.78 is 0. The van der Waals surface area contributed by atoms with E-state index in [2.05, 4.69) is 10.3 Å². The predicted octanol–water partition coefficient (Wildman–Crippen LogP) is 1.75. The number of nitrogens with zero attached hydrogens (tertiary/aromatic N) is 1. The molecular weight excluding hydrogens is 180 g/mol. The molecule has 1 aromatic rings. The lowest BCUT2D eigenvalue weighted by Crippen LogP contribution is -2.22. The summed E-state index contributed by atoms with van der Waals surface area (Å²) in [6.45, 7) is 1.95. The predicted molar refractivity (Wildman–Crippen MR) is 54.2 cm³/mol. The van der Waals surface area contributed by atoms with Crippen LogP contribution in [0.2, 0.25) is 0 Å². The van der Waals surface area contributed by atoms with Gasteiger partial charge in [-0.25, -0.2) is 4.98 Å². The third-order valence-corrected chi connectivity index (χ3v) is 1.93. The van der Waals surface area contributed by atoms with Crippen LogP contribution in [0.1, 0.15) is 19.8 Å². The van der Waals surface area contributed by atoms with Crippen molar-refractivity contribution in [3.05, 3.63) is 24.4 Å². The van der Waals surface area contributed by atoms with Gasteiger partial charge >= 0.3 is 5.97 Å². The average molecular weight is 194 g/mol. The SMILES string of the molecule is CCC(CC(=O)O)Nc1ccccn1. The monoisotopic (exact) mass is 194 g/mol. The van der Waals surface area contributed by atoms with Gasteiger partial charge < -0.3 is 10.4 Å². The van der Waals surface area contributed by atoms with Crippen LogP contribution in [-0.4, -0.2) is 22.1 Å². The Labute approximate surface area is 83.0 Å². The zero-order chi connectivity index (χ0) is 10.4. The van der Waals surface area contributed by atoms with Crippen LogP contribution < -0.4 is 5.32 Å². The highest BCUT2D eigenvalue weighted by Crippen LogP contribution is 2.07. The first kappa shape index (κ1) is 10.5. The number of nitrogens with one attached hydrogen (secondary N) is 1. The van der Waals surface area contributed by atoms with Crippen LogP contribution in [0.3, 0.4) is 0 Å². The number of carbonyl (C=O) groups is 1. The first-order valence-corrected chi connectivity index (χ1v) is 4.61. The number of hydrogen-bond acceptors (Lipinski definition) is 3. The molecule has 0 aliphatic carbocycles. The second-order valence-electron chi connectivity index (χ2n) is 3.06. The van der Waals surface area contributed by atoms with Crippen molar-refractivity contribution in [2.24, 2.45) is 0 Å². The molecule has 1 rings (SSSR count). The van der Waals surface area contributed by atoms with E-state index in [0.717, 1.165) is 12.2 Å². The number of hydrogen-bond donors (Lipinski definition) is 2. The molecular formula is C10H14N2O2. The summed E-state index contributed by atoms with van der Waals surface area (Å²) in [5, 5.41) is 11.7. The second-order valence-corrected chi connectivity index (χ2v) is 3.06. The summed E-state index contributed by atoms with van der Waals surface area (Å²) in [4.78, 5) is 14.6. The fourth-order valence-corrected chi connectivity index (χ4v) is 1.17. The standard InChI is InChI=1S/C10H14N2O2/c1-2-8(7-10(13)14)12-9-5-3-4-6-11-9/h3-6,8H,2,7H2,1H3,(H,11,12)(H,13,14). The molecule has 0 radical (unpaired) electrons. The van der Waals surface area contributed by atoms with Crippen molar-refractivity contribution in [2.45, 2.75) is 25.8 Å². The zero-order valence-corrected chi connectivity index (χ0v) is 8.10. The van der Waals surface area contributed by atoms with Crippen molar-refractivity contribution in [2.75, 3.05) is 5.32 Å². The van der Waals surface area contributed by atoms with Gasteiger partial charge in [-0.2, -0.15) is 0 Å². The van der Waals surface area contributed by atoms with Crippen molar-refractivity contribution >= 4 is 11.8 Å². The van der Waals surface area contributed by atoms with Crippen molar-refractivity contribution in [1.29, 1.82) is 0 Å². The summed E-state index contributed by atoms with van der Waals surface area (Å²) >= 11 is 0. The van der Waals surface area contributed by atoms with Gasteiger partial charge in [-0.05, 0) is 18.6 Å². The van der Waals surface area contributed by atoms with Crippen molar-refractivity contribution in [3.8, 4) is 0 Å². The van der Waals surface area contributed by atoms with E-state index in [1.807, 2.05) is 25.1 Å². The minimum Gasteiger partial charge on any atom is -0.481 e. The maximum Gasteiger partial charge on any atom is 0.305 e. The molecule has 0 spiro atoms. The van der Waals surface area contributed by atoms with E-state index < -0.39 is 5.97 Å². The highest BCUT2D eigenvalue weighted by molar-refractivity contribution is 5.68. The topological polar surface area (TPSA) is 62.2 Å². The largest absolute Gasteiger partial charge is 0.481 e. The van der Waals surface area contributed by atoms with Gasteiger partial charge in [-0.3, -0.25) is 4.79 Å². The van der Waals surface area contributed by atoms with Crippen LogP contribution >= 0.6 is 0 Å². The smallest absolute Gasteiger partial charge is 0.305 e. The van der Waals surface area contributed by atoms with Gasteiger partial charge in [0.05, 0.1) is 6.42 Å². The molecule has 0 bridgehead atoms. The molecule has 14 heavy (non-hydrogen) atoms. The van der Waals surface area contributed by atoms with Crippen LogP contribution in [0.5, 0.6) is 0 Å². The van der Waals surface area contributed by atoms with Crippen LogP contribution in [0, 0.1) is 0 Å². The van der Waals surface area contributed by atoms with Crippen molar-refractivity contribution in [1.82, 2.24) is 4.98 Å². The Balaban J connectivity index is 2.53. The Morgan fingerprint density at radius 1 is 1.64 bits per heavy atom. The normalized spacial score (nSPS) is 12.1. The maximum atomic E-state index is 10.5. The van der Waals surface area contributed by atoms with E-state index in [0.29, 0.717) is 0 Å². The fraction of sp³-hybridized carbons (Fsp3) is 0.400. The van der Waals surface area contributed by atoms with E-state index in [4.69, 9.17) is 5.11 Å². The molecule has 1 atom stereocenters. The van der Waals surface area contributed by atoms with Gasteiger partial charge in [0.2, 0.25) is 0 Å². The lowest BCUT2D eigenvalue weighted by atomic mass is 10.1. The molecule has 0 saturated heterocycles. The van der Waals surface area contributed by atoms with Crippen LogP contribution in [0.15, 0.2) is 24.4 Å². The van der Waals surface area contributed by atoms with Crippen molar-refractivity contribution in [3.63, 3.8) is 0 Å². The number of aliphatic carboxylic acids is 1. The van der Waals surface area contributed by atoms with Gasteiger partial charge in [0, 0.05) is 12.2 Å². The number of anilines is 1. The Morgan fingerprint density at radius 2 is 2.43 bits per heavy atom. The van der Waals surface area contributed by atoms with E-state index >= 15 is 0 Å². The zero-order valence-electron chi connectivity index (χ0n) is 8.10. The van der Waals surface area contributed by atoms with E-state index in [1.165, 1.54) is 0 Å². The Hall–Kier alpha value is -1.58. The quantitative estimate of drug-likeness (QED) is 0.749. The van der Waals surface area contributed by atoms with Gasteiger partial charge in [-0.1, -0.05) is 13.0 Å². The molecule has 4 heteroatoms. The molecule has 0 aliphatic heterocycles. The molecule has 76 valence electrons. The lowest BCUT2D eigenvalue weighted by molar-refractivity contribution is -0.137. The van der Waals surface area contributed by atoms with Crippen molar-refractivity contribution < 1.29 is 9.90 Å². The summed E-state index contributed by atoms with van der Waals surface area (Å²) in [7, 11) is 0. The first-order valence-electron chi connectivity index (χ1n) is 4.61. The van der Waals surface area contributed by atoms with Gasteiger partial charge in [0.1, 0.15) is 5.82 Å². The number of aromatic nitrogens is 1. The summed E-state index contributed by atoms with van der Waals surface area (Å²) in [5.74, 6) is -0.0686. The molecule has 4 nitrogen and oxygen atoms in total. The summed E-state index contributed by atoms with van der Waals surface area (Å²) in [6.07, 6.45) is 2.56. The van der Waals surface area contributed by atoms with E-state index in [-0.39, 0.29) is 12.5 Å². The molecule has 0 aromatic carbocycles. The molecule has 1 heterocycles. The fourth-order valence-electron chi connectivity index (χ4n) is 1.17. The molecule has 2 N–H and O–H groups in total.